The molecule has 1 N–H and O–H groups in total. The first-order valence-corrected chi connectivity index (χ1v) is 8.74. The molecule has 0 saturated carbocycles. The van der Waals surface area contributed by atoms with Crippen molar-refractivity contribution in [2.24, 2.45) is 0 Å². The summed E-state index contributed by atoms with van der Waals surface area (Å²) in [4.78, 5) is 23.4. The zero-order chi connectivity index (χ0) is 21.6. The maximum absolute atomic E-state index is 12.5. The number of nitro groups is 1. The number of methoxy groups -OCH3 is 2. The highest BCUT2D eigenvalue weighted by Crippen LogP contribution is 2.30. The van der Waals surface area contributed by atoms with Crippen molar-refractivity contribution in [2.75, 3.05) is 19.5 Å². The molecule has 0 bridgehead atoms. The second-order valence-corrected chi connectivity index (χ2v) is 6.42. The Labute approximate surface area is 168 Å². The summed E-state index contributed by atoms with van der Waals surface area (Å²) in [5.41, 5.74) is 1.15. The molecule has 0 radical (unpaired) electrons. The molecule has 0 heterocycles. The number of hydrogen-bond donors (Lipinski definition) is 1. The molecular weight excluding hydrogens is 374 g/mol. The first-order chi connectivity index (χ1) is 13.8. The summed E-state index contributed by atoms with van der Waals surface area (Å²) >= 11 is 0. The van der Waals surface area contributed by atoms with Crippen molar-refractivity contribution in [3.8, 4) is 17.6 Å². The van der Waals surface area contributed by atoms with Crippen LogP contribution in [-0.2, 0) is 4.79 Å². The summed E-state index contributed by atoms with van der Waals surface area (Å²) in [6, 6.07) is 11.3. The highest BCUT2D eigenvalue weighted by molar-refractivity contribution is 6.09. The zero-order valence-electron chi connectivity index (χ0n) is 16.6. The van der Waals surface area contributed by atoms with Gasteiger partial charge in [-0.1, -0.05) is 26.0 Å². The topological polar surface area (TPSA) is 114 Å². The van der Waals surface area contributed by atoms with E-state index in [2.05, 4.69) is 5.32 Å². The van der Waals surface area contributed by atoms with Gasteiger partial charge in [0, 0.05) is 23.4 Å². The number of amides is 1. The largest absolute Gasteiger partial charge is 0.493 e. The van der Waals surface area contributed by atoms with E-state index in [4.69, 9.17) is 9.47 Å². The van der Waals surface area contributed by atoms with Crippen molar-refractivity contribution in [1.29, 1.82) is 5.26 Å². The Morgan fingerprint density at radius 1 is 1.17 bits per heavy atom. The fourth-order valence-corrected chi connectivity index (χ4v) is 2.72. The predicted molar refractivity (Wildman–Crippen MR) is 109 cm³/mol. The quantitative estimate of drug-likeness (QED) is 0.324. The van der Waals surface area contributed by atoms with E-state index < -0.39 is 10.8 Å². The van der Waals surface area contributed by atoms with Crippen LogP contribution < -0.4 is 14.8 Å². The number of nitrogens with zero attached hydrogens (tertiary/aromatic N) is 2. The molecule has 8 heteroatoms. The van der Waals surface area contributed by atoms with Crippen LogP contribution in [0.2, 0.25) is 0 Å². The summed E-state index contributed by atoms with van der Waals surface area (Å²) in [5, 5.41) is 23.3. The minimum absolute atomic E-state index is 0.0304. The maximum Gasteiger partial charge on any atom is 0.273 e. The van der Waals surface area contributed by atoms with Crippen molar-refractivity contribution in [2.45, 2.75) is 19.8 Å². The van der Waals surface area contributed by atoms with Gasteiger partial charge in [0.05, 0.1) is 19.1 Å². The van der Waals surface area contributed by atoms with Gasteiger partial charge in [-0.2, -0.15) is 5.26 Å². The standard InChI is InChI=1S/C21H21N3O5/c1-13(2)17-7-5-14(10-18(17)24(26)27)9-15(12-22)21(25)23-16-6-8-19(28-3)20(11-16)29-4/h5-11,13H,1-4H3,(H,23,25)/b15-9+. The zero-order valence-corrected chi connectivity index (χ0v) is 16.6. The van der Waals surface area contributed by atoms with Crippen molar-refractivity contribution >= 4 is 23.4 Å². The lowest BCUT2D eigenvalue weighted by atomic mass is 9.98. The molecule has 0 aromatic heterocycles. The molecule has 0 aliphatic rings. The molecule has 0 atom stereocenters. The lowest BCUT2D eigenvalue weighted by Crippen LogP contribution is -2.13. The SMILES string of the molecule is COc1ccc(NC(=O)/C(C#N)=C/c2ccc(C(C)C)c([N+](=O)[O-])c2)cc1OC. The first kappa shape index (κ1) is 21.4. The number of hydrogen-bond acceptors (Lipinski definition) is 6. The van der Waals surface area contributed by atoms with E-state index in [1.165, 1.54) is 26.4 Å². The number of nitro benzene ring substituents is 1. The van der Waals surface area contributed by atoms with Gasteiger partial charge < -0.3 is 14.8 Å². The van der Waals surface area contributed by atoms with E-state index in [1.54, 1.807) is 30.3 Å². The molecule has 0 saturated heterocycles. The van der Waals surface area contributed by atoms with E-state index >= 15 is 0 Å². The van der Waals surface area contributed by atoms with Crippen LogP contribution in [0.15, 0.2) is 42.0 Å². The van der Waals surface area contributed by atoms with Crippen LogP contribution >= 0.6 is 0 Å². The van der Waals surface area contributed by atoms with Crippen molar-refractivity contribution in [3.05, 3.63) is 63.2 Å². The molecule has 8 nitrogen and oxygen atoms in total. The molecule has 0 fully saturated rings. The van der Waals surface area contributed by atoms with Gasteiger partial charge in [-0.05, 0) is 29.7 Å². The molecule has 29 heavy (non-hydrogen) atoms. The third-order valence-corrected chi connectivity index (χ3v) is 4.19. The molecule has 2 rings (SSSR count). The van der Waals surface area contributed by atoms with Crippen molar-refractivity contribution in [3.63, 3.8) is 0 Å². The number of nitrogens with one attached hydrogen (secondary N) is 1. The molecular formula is C21H21N3O5. The molecule has 0 aliphatic carbocycles. The van der Waals surface area contributed by atoms with E-state index in [-0.39, 0.29) is 17.2 Å². The molecule has 1 amide bonds. The summed E-state index contributed by atoms with van der Waals surface area (Å²) in [5.74, 6) is 0.249. The highest BCUT2D eigenvalue weighted by Gasteiger charge is 2.18. The van der Waals surface area contributed by atoms with Gasteiger partial charge in [-0.15, -0.1) is 0 Å². The Balaban J connectivity index is 2.32. The summed E-state index contributed by atoms with van der Waals surface area (Å²) in [6.07, 6.45) is 1.31. The lowest BCUT2D eigenvalue weighted by Gasteiger charge is -2.10. The Kier molecular flexibility index (Phi) is 6.93. The van der Waals surface area contributed by atoms with E-state index in [1.807, 2.05) is 19.9 Å². The van der Waals surface area contributed by atoms with Gasteiger partial charge in [0.1, 0.15) is 11.6 Å². The lowest BCUT2D eigenvalue weighted by molar-refractivity contribution is -0.385. The Bertz CT molecular complexity index is 1010. The Morgan fingerprint density at radius 3 is 2.41 bits per heavy atom. The molecule has 150 valence electrons. The summed E-state index contributed by atoms with van der Waals surface area (Å²) < 4.78 is 10.3. The van der Waals surface area contributed by atoms with Crippen LogP contribution in [0.1, 0.15) is 30.9 Å². The van der Waals surface area contributed by atoms with E-state index in [0.29, 0.717) is 28.3 Å². The first-order valence-electron chi connectivity index (χ1n) is 8.74. The van der Waals surface area contributed by atoms with Crippen LogP contribution in [-0.4, -0.2) is 25.1 Å². The number of nitriles is 1. The fourth-order valence-electron chi connectivity index (χ4n) is 2.72. The third kappa shape index (κ3) is 5.11. The Hall–Kier alpha value is -3.86. The van der Waals surface area contributed by atoms with Gasteiger partial charge in [0.25, 0.3) is 11.6 Å². The average molecular weight is 395 g/mol. The molecule has 2 aromatic rings. The maximum atomic E-state index is 12.5. The fraction of sp³-hybridized carbons (Fsp3) is 0.238. The number of carbonyl (C=O) groups is 1. The third-order valence-electron chi connectivity index (χ3n) is 4.19. The number of carbonyl (C=O) groups excluding carboxylic acids is 1. The molecule has 0 unspecified atom stereocenters. The number of rotatable bonds is 7. The van der Waals surface area contributed by atoms with Crippen LogP contribution in [0.25, 0.3) is 6.08 Å². The minimum Gasteiger partial charge on any atom is -0.493 e. The molecule has 2 aromatic carbocycles. The van der Waals surface area contributed by atoms with Gasteiger partial charge in [0.2, 0.25) is 0 Å². The number of anilines is 1. The second-order valence-electron chi connectivity index (χ2n) is 6.42. The highest BCUT2D eigenvalue weighted by atomic mass is 16.6. The van der Waals surface area contributed by atoms with Gasteiger partial charge >= 0.3 is 0 Å². The van der Waals surface area contributed by atoms with Crippen LogP contribution in [0.3, 0.4) is 0 Å². The summed E-state index contributed by atoms with van der Waals surface area (Å²) in [7, 11) is 2.97. The van der Waals surface area contributed by atoms with Gasteiger partial charge in [-0.3, -0.25) is 14.9 Å². The van der Waals surface area contributed by atoms with E-state index in [0.717, 1.165) is 0 Å². The van der Waals surface area contributed by atoms with Crippen LogP contribution in [0, 0.1) is 21.4 Å². The smallest absolute Gasteiger partial charge is 0.273 e. The van der Waals surface area contributed by atoms with Crippen molar-refractivity contribution < 1.29 is 19.2 Å². The minimum atomic E-state index is -0.643. The normalized spacial score (nSPS) is 11.0. The van der Waals surface area contributed by atoms with Crippen molar-refractivity contribution in [1.82, 2.24) is 0 Å². The average Bonchev–Trinajstić information content (AvgIpc) is 2.71. The van der Waals surface area contributed by atoms with Crippen LogP contribution in [0.4, 0.5) is 11.4 Å². The van der Waals surface area contributed by atoms with Crippen LogP contribution in [0.5, 0.6) is 11.5 Å². The Morgan fingerprint density at radius 2 is 1.86 bits per heavy atom. The van der Waals surface area contributed by atoms with Gasteiger partial charge in [-0.25, -0.2) is 0 Å². The second kappa shape index (κ2) is 9.37. The predicted octanol–water partition coefficient (Wildman–Crippen LogP) is 4.28. The summed E-state index contributed by atoms with van der Waals surface area (Å²) in [6.45, 7) is 3.71. The van der Waals surface area contributed by atoms with E-state index in [9.17, 15) is 20.2 Å². The number of benzene rings is 2. The molecule has 0 aliphatic heterocycles. The van der Waals surface area contributed by atoms with Gasteiger partial charge in [0.15, 0.2) is 11.5 Å². The monoisotopic (exact) mass is 395 g/mol. The molecule has 0 spiro atoms. The number of ether oxygens (including phenoxy) is 2.